The maximum absolute atomic E-state index is 14.2. The molecule has 0 spiro atoms. The number of hydrogen-bond donors (Lipinski definition) is 0. The monoisotopic (exact) mass is 355 g/mol. The summed E-state index contributed by atoms with van der Waals surface area (Å²) in [5.41, 5.74) is 1.93. The van der Waals surface area contributed by atoms with Crippen LogP contribution in [0.4, 0.5) is 0 Å². The number of nitrogens with zero attached hydrogens (tertiary/aromatic N) is 1. The van der Waals surface area contributed by atoms with E-state index in [1.807, 2.05) is 103 Å². The first-order valence-corrected chi connectivity index (χ1v) is 10.2. The fraction of sp³-hybridized carbons (Fsp3) is 0. The maximum atomic E-state index is 14.2. The minimum absolute atomic E-state index is 0.745. The van der Waals surface area contributed by atoms with Crippen molar-refractivity contribution >= 4 is 23.1 Å². The van der Waals surface area contributed by atoms with E-state index >= 15 is 0 Å². The average Bonchev–Trinajstić information content (AvgIpc) is 2.75. The predicted octanol–water partition coefficient (Wildman–Crippen LogP) is 4.39. The minimum Gasteiger partial charge on any atom is -0.309 e. The lowest BCUT2D eigenvalue weighted by molar-refractivity contribution is 0.592. The van der Waals surface area contributed by atoms with Gasteiger partial charge in [0.25, 0.3) is 0 Å². The summed E-state index contributed by atoms with van der Waals surface area (Å²) in [5, 5.41) is 2.38. The van der Waals surface area contributed by atoms with Gasteiger partial charge in [0.05, 0.1) is 5.69 Å². The number of benzene rings is 3. The third kappa shape index (κ3) is 3.00. The summed E-state index contributed by atoms with van der Waals surface area (Å²) >= 11 is 0. The van der Waals surface area contributed by atoms with Crippen LogP contribution >= 0.6 is 7.14 Å². The highest BCUT2D eigenvalue weighted by molar-refractivity contribution is 7.85. The Balaban J connectivity index is 1.84. The molecule has 0 N–H and O–H groups in total. The van der Waals surface area contributed by atoms with Crippen molar-refractivity contribution in [2.45, 2.75) is 0 Å². The van der Waals surface area contributed by atoms with Gasteiger partial charge in [0, 0.05) is 27.7 Å². The van der Waals surface area contributed by atoms with Gasteiger partial charge in [0.1, 0.15) is 0 Å². The molecule has 2 nitrogen and oxygen atoms in total. The molecule has 4 aromatic rings. The quantitative estimate of drug-likeness (QED) is 0.508. The first-order valence-electron chi connectivity index (χ1n) is 8.52. The Kier molecular flexibility index (Phi) is 4.51. The molecular formula is C23H18NOP. The van der Waals surface area contributed by atoms with Crippen LogP contribution in [0.3, 0.4) is 0 Å². The Bertz CT molecular complexity index is 986. The molecule has 0 radical (unpaired) electrons. The van der Waals surface area contributed by atoms with E-state index in [9.17, 15) is 4.57 Å². The number of rotatable bonds is 4. The molecule has 0 aliphatic carbocycles. The van der Waals surface area contributed by atoms with E-state index in [2.05, 4.69) is 4.98 Å². The Labute approximate surface area is 153 Å². The SMILES string of the molecule is O=P(c1ccccc1)(c1ccccc1)c1ccc(-c2ccccc2)nc1. The van der Waals surface area contributed by atoms with Crippen molar-refractivity contribution in [2.24, 2.45) is 0 Å². The zero-order valence-corrected chi connectivity index (χ0v) is 15.1. The standard InChI is InChI=1S/C23H18NOP/c25-26(20-12-6-2-7-13-20,21-14-8-3-9-15-21)22-16-17-23(24-18-22)19-10-4-1-5-11-19/h1-18H. The molecule has 3 heteroatoms. The van der Waals surface area contributed by atoms with Crippen molar-refractivity contribution in [1.29, 1.82) is 0 Å². The molecule has 0 amide bonds. The van der Waals surface area contributed by atoms with Crippen molar-refractivity contribution in [3.8, 4) is 11.3 Å². The molecular weight excluding hydrogens is 337 g/mol. The largest absolute Gasteiger partial charge is 0.309 e. The smallest absolute Gasteiger partial charge is 0.172 e. The Morgan fingerprint density at radius 2 is 1.04 bits per heavy atom. The highest BCUT2D eigenvalue weighted by atomic mass is 31.2. The molecule has 26 heavy (non-hydrogen) atoms. The first kappa shape index (κ1) is 16.5. The first-order chi connectivity index (χ1) is 12.8. The van der Waals surface area contributed by atoms with Gasteiger partial charge in [-0.2, -0.15) is 0 Å². The summed E-state index contributed by atoms with van der Waals surface area (Å²) in [6, 6.07) is 33.2. The highest BCUT2D eigenvalue weighted by Gasteiger charge is 2.29. The summed E-state index contributed by atoms with van der Waals surface area (Å²) in [5.74, 6) is 0. The molecule has 1 aromatic heterocycles. The van der Waals surface area contributed by atoms with Crippen molar-refractivity contribution < 1.29 is 4.57 Å². The van der Waals surface area contributed by atoms with Crippen molar-refractivity contribution in [3.05, 3.63) is 109 Å². The molecule has 0 saturated heterocycles. The minimum atomic E-state index is -2.95. The van der Waals surface area contributed by atoms with Crippen LogP contribution in [-0.4, -0.2) is 4.98 Å². The summed E-state index contributed by atoms with van der Waals surface area (Å²) in [7, 11) is -2.95. The van der Waals surface area contributed by atoms with Crippen molar-refractivity contribution in [1.82, 2.24) is 4.98 Å². The summed E-state index contributed by atoms with van der Waals surface area (Å²) in [6.07, 6.45) is 1.75. The van der Waals surface area contributed by atoms with Crippen LogP contribution in [0.15, 0.2) is 109 Å². The molecule has 0 bridgehead atoms. The van der Waals surface area contributed by atoms with E-state index in [0.717, 1.165) is 27.2 Å². The second-order valence-corrected chi connectivity index (χ2v) is 8.82. The molecule has 1 heterocycles. The van der Waals surface area contributed by atoms with Crippen LogP contribution < -0.4 is 15.9 Å². The number of aromatic nitrogens is 1. The molecule has 4 rings (SSSR count). The van der Waals surface area contributed by atoms with Crippen LogP contribution in [0.25, 0.3) is 11.3 Å². The molecule has 126 valence electrons. The van der Waals surface area contributed by atoms with Crippen molar-refractivity contribution in [2.75, 3.05) is 0 Å². The van der Waals surface area contributed by atoms with Gasteiger partial charge in [-0.3, -0.25) is 4.98 Å². The maximum Gasteiger partial charge on any atom is 0.172 e. The fourth-order valence-corrected chi connectivity index (χ4v) is 5.66. The lowest BCUT2D eigenvalue weighted by Gasteiger charge is -2.19. The third-order valence-electron chi connectivity index (χ3n) is 4.42. The Morgan fingerprint density at radius 3 is 1.50 bits per heavy atom. The van der Waals surface area contributed by atoms with Crippen LogP contribution in [0.5, 0.6) is 0 Å². The number of pyridine rings is 1. The molecule has 0 aliphatic rings. The fourth-order valence-electron chi connectivity index (χ4n) is 3.08. The van der Waals surface area contributed by atoms with Gasteiger partial charge in [-0.15, -0.1) is 0 Å². The average molecular weight is 355 g/mol. The highest BCUT2D eigenvalue weighted by Crippen LogP contribution is 2.42. The van der Waals surface area contributed by atoms with E-state index in [4.69, 9.17) is 0 Å². The van der Waals surface area contributed by atoms with E-state index < -0.39 is 7.14 Å². The molecule has 0 atom stereocenters. The van der Waals surface area contributed by atoms with Crippen molar-refractivity contribution in [3.63, 3.8) is 0 Å². The molecule has 0 aliphatic heterocycles. The zero-order chi connectivity index (χ0) is 17.8. The molecule has 0 saturated carbocycles. The Hall–Kier alpha value is -2.96. The molecule has 0 unspecified atom stereocenters. The molecule has 0 fully saturated rings. The number of hydrogen-bond acceptors (Lipinski definition) is 2. The zero-order valence-electron chi connectivity index (χ0n) is 14.2. The van der Waals surface area contributed by atoms with Crippen LogP contribution in [0.2, 0.25) is 0 Å². The van der Waals surface area contributed by atoms with Gasteiger partial charge in [0.15, 0.2) is 7.14 Å². The van der Waals surface area contributed by atoms with Gasteiger partial charge in [0.2, 0.25) is 0 Å². The lowest BCUT2D eigenvalue weighted by Crippen LogP contribution is -2.25. The summed E-state index contributed by atoms with van der Waals surface area (Å²) < 4.78 is 14.2. The van der Waals surface area contributed by atoms with E-state index in [-0.39, 0.29) is 0 Å². The van der Waals surface area contributed by atoms with Gasteiger partial charge in [-0.25, -0.2) is 0 Å². The third-order valence-corrected chi connectivity index (χ3v) is 7.46. The molecule has 3 aromatic carbocycles. The summed E-state index contributed by atoms with van der Waals surface area (Å²) in [4.78, 5) is 4.59. The van der Waals surface area contributed by atoms with E-state index in [1.165, 1.54) is 0 Å². The van der Waals surface area contributed by atoms with Crippen LogP contribution in [0, 0.1) is 0 Å². The van der Waals surface area contributed by atoms with Gasteiger partial charge >= 0.3 is 0 Å². The van der Waals surface area contributed by atoms with Gasteiger partial charge in [-0.05, 0) is 12.1 Å². The second-order valence-electron chi connectivity index (χ2n) is 6.05. The topological polar surface area (TPSA) is 30.0 Å². The Morgan fingerprint density at radius 1 is 0.538 bits per heavy atom. The van der Waals surface area contributed by atoms with Gasteiger partial charge < -0.3 is 4.57 Å². The van der Waals surface area contributed by atoms with Crippen LogP contribution in [0.1, 0.15) is 0 Å². The summed E-state index contributed by atoms with van der Waals surface area (Å²) in [6.45, 7) is 0. The van der Waals surface area contributed by atoms with E-state index in [1.54, 1.807) is 6.20 Å². The predicted molar refractivity (Wildman–Crippen MR) is 109 cm³/mol. The van der Waals surface area contributed by atoms with Gasteiger partial charge in [-0.1, -0.05) is 91.0 Å². The van der Waals surface area contributed by atoms with Crippen LogP contribution in [-0.2, 0) is 4.57 Å². The second kappa shape index (κ2) is 7.11. The lowest BCUT2D eigenvalue weighted by atomic mass is 10.1. The normalized spacial score (nSPS) is 11.2. The van der Waals surface area contributed by atoms with E-state index in [0.29, 0.717) is 0 Å².